The molecule has 2 N–H and O–H groups in total. The average Bonchev–Trinajstić information content (AvgIpc) is 2.94. The van der Waals surface area contributed by atoms with Gasteiger partial charge in [-0.2, -0.15) is 0 Å². The van der Waals surface area contributed by atoms with Gasteiger partial charge in [-0.1, -0.05) is 41.9 Å². The molecule has 8 heteroatoms. The van der Waals surface area contributed by atoms with Crippen molar-refractivity contribution in [1.29, 1.82) is 0 Å². The summed E-state index contributed by atoms with van der Waals surface area (Å²) in [6.45, 7) is -1.23. The number of sulfone groups is 1. The van der Waals surface area contributed by atoms with Gasteiger partial charge in [-0.3, -0.25) is 4.79 Å². The molecule has 0 aliphatic carbocycles. The Balaban J connectivity index is 1.20. The van der Waals surface area contributed by atoms with E-state index in [9.17, 15) is 13.2 Å². The molecule has 0 unspecified atom stereocenters. The van der Waals surface area contributed by atoms with Crippen molar-refractivity contribution in [1.82, 2.24) is 9.80 Å². The van der Waals surface area contributed by atoms with Crippen LogP contribution in [-0.4, -0.2) is 56.2 Å². The van der Waals surface area contributed by atoms with Crippen LogP contribution in [0.25, 0.3) is 0 Å². The molecule has 0 saturated carbocycles. The highest BCUT2D eigenvalue weighted by Crippen LogP contribution is 2.29. The second-order valence-corrected chi connectivity index (χ2v) is 12.7. The van der Waals surface area contributed by atoms with Crippen LogP contribution in [0.1, 0.15) is 52.7 Å². The first-order valence-electron chi connectivity index (χ1n) is 15.2. The molecule has 6 nitrogen and oxygen atoms in total. The van der Waals surface area contributed by atoms with Gasteiger partial charge in [-0.15, -0.1) is 0 Å². The van der Waals surface area contributed by atoms with Crippen LogP contribution in [0.3, 0.4) is 0 Å². The molecule has 3 aromatic carbocycles. The largest absolute Gasteiger partial charge is 0.398 e. The molecule has 2 heterocycles. The molecule has 2 fully saturated rings. The van der Waals surface area contributed by atoms with E-state index in [1.165, 1.54) is 18.2 Å². The minimum atomic E-state index is -3.66. The Hall–Kier alpha value is -2.87. The number of carbonyl (C=O) groups excluding carboxylic acids is 1. The summed E-state index contributed by atoms with van der Waals surface area (Å²) in [6.07, 6.45) is 2.52. The summed E-state index contributed by atoms with van der Waals surface area (Å²) >= 11 is 5.99. The lowest BCUT2D eigenvalue weighted by atomic mass is 9.88. The molecule has 0 atom stereocenters. The van der Waals surface area contributed by atoms with Crippen molar-refractivity contribution in [2.45, 2.75) is 54.9 Å². The summed E-state index contributed by atoms with van der Waals surface area (Å²) < 4.78 is 60.8. The zero-order chi connectivity index (χ0) is 31.2. The number of likely N-dealkylation sites (tertiary alicyclic amines) is 2. The van der Waals surface area contributed by atoms with Gasteiger partial charge in [0.05, 0.1) is 15.4 Å². The molecule has 2 aliphatic rings. The molecule has 2 aliphatic heterocycles. The zero-order valence-corrected chi connectivity index (χ0v) is 23.5. The Labute approximate surface area is 242 Å². The molecule has 206 valence electrons. The fraction of sp³-hybridized carbons (Fsp3) is 0.387. The van der Waals surface area contributed by atoms with Crippen molar-refractivity contribution in [2.24, 2.45) is 5.92 Å². The van der Waals surface area contributed by atoms with Crippen LogP contribution in [0.4, 0.5) is 5.69 Å². The van der Waals surface area contributed by atoms with Crippen molar-refractivity contribution in [3.05, 3.63) is 88.4 Å². The van der Waals surface area contributed by atoms with E-state index in [2.05, 4.69) is 4.90 Å². The topological polar surface area (TPSA) is 83.7 Å². The number of piperidine rings is 2. The standard InChI is InChI=1S/C31H36ClN3O3S/c1-22-4-2-7-29(30(22)33)31(36)35-18-14-26(15-19-35)34-16-12-24(13-17-34)20-23-8-10-27(11-9-23)39(37,38)28-6-3-5-25(32)21-28/h2-11,21,24,26H,12-20,33H2,1H3/i18D2,19D2. The Morgan fingerprint density at radius 2 is 1.64 bits per heavy atom. The first-order chi connectivity index (χ1) is 20.2. The van der Waals surface area contributed by atoms with Crippen LogP contribution < -0.4 is 5.73 Å². The van der Waals surface area contributed by atoms with Gasteiger partial charge < -0.3 is 15.5 Å². The van der Waals surface area contributed by atoms with Gasteiger partial charge in [-0.25, -0.2) is 8.42 Å². The number of para-hydroxylation sites is 1. The van der Waals surface area contributed by atoms with Crippen molar-refractivity contribution < 1.29 is 18.7 Å². The normalized spacial score (nSPS) is 21.9. The van der Waals surface area contributed by atoms with Gasteiger partial charge in [-0.05, 0) is 106 Å². The molecule has 39 heavy (non-hydrogen) atoms. The molecule has 0 bridgehead atoms. The molecule has 5 rings (SSSR count). The van der Waals surface area contributed by atoms with E-state index in [-0.39, 0.29) is 39.9 Å². The highest BCUT2D eigenvalue weighted by Gasteiger charge is 2.30. The van der Waals surface area contributed by atoms with E-state index in [0.717, 1.165) is 29.7 Å². The van der Waals surface area contributed by atoms with Crippen molar-refractivity contribution in [3.63, 3.8) is 0 Å². The quantitative estimate of drug-likeness (QED) is 0.389. The summed E-state index contributed by atoms with van der Waals surface area (Å²) in [5.74, 6) is -0.370. The number of halogens is 1. The highest BCUT2D eigenvalue weighted by atomic mass is 35.5. The monoisotopic (exact) mass is 569 g/mol. The van der Waals surface area contributed by atoms with Crippen LogP contribution in [0.2, 0.25) is 5.02 Å². The van der Waals surface area contributed by atoms with Gasteiger partial charge in [0.1, 0.15) is 0 Å². The van der Waals surface area contributed by atoms with E-state index in [4.69, 9.17) is 22.8 Å². The van der Waals surface area contributed by atoms with E-state index < -0.39 is 28.7 Å². The molecule has 0 spiro atoms. The van der Waals surface area contributed by atoms with Crippen LogP contribution in [-0.2, 0) is 16.3 Å². The van der Waals surface area contributed by atoms with E-state index >= 15 is 0 Å². The second-order valence-electron chi connectivity index (χ2n) is 10.3. The maximum Gasteiger partial charge on any atom is 0.255 e. The number of aryl methyl sites for hydroxylation is 1. The first kappa shape index (κ1) is 22.9. The second kappa shape index (κ2) is 11.7. The predicted molar refractivity (Wildman–Crippen MR) is 156 cm³/mol. The maximum atomic E-state index is 13.4. The highest BCUT2D eigenvalue weighted by molar-refractivity contribution is 7.91. The SMILES string of the molecule is [2H]C1([2H])CC(N2CCC(Cc3ccc(S(=O)(=O)c4cccc(Cl)c4)cc3)CC2)CC([2H])([2H])N1C(=O)c1cccc(C)c1N. The molecular formula is C31H36ClN3O3S. The van der Waals surface area contributed by atoms with Gasteiger partial charge in [0, 0.05) is 35.2 Å². The number of hydrogen-bond donors (Lipinski definition) is 1. The fourth-order valence-corrected chi connectivity index (χ4v) is 6.90. The number of nitrogens with zero attached hydrogens (tertiary/aromatic N) is 2. The average molecular weight is 570 g/mol. The van der Waals surface area contributed by atoms with Crippen molar-refractivity contribution in [2.75, 3.05) is 31.8 Å². The third-order valence-corrected chi connectivity index (χ3v) is 9.76. The van der Waals surface area contributed by atoms with Crippen LogP contribution in [0.5, 0.6) is 0 Å². The van der Waals surface area contributed by atoms with Gasteiger partial charge in [0.25, 0.3) is 5.91 Å². The summed E-state index contributed by atoms with van der Waals surface area (Å²) in [6, 6.07) is 17.8. The fourth-order valence-electron chi connectivity index (χ4n) is 5.34. The van der Waals surface area contributed by atoms with E-state index in [1.807, 2.05) is 12.1 Å². The molecule has 0 aromatic heterocycles. The number of amides is 1. The third kappa shape index (κ3) is 6.16. The molecule has 3 aromatic rings. The summed E-state index contributed by atoms with van der Waals surface area (Å²) in [4.78, 5) is 16.6. The summed E-state index contributed by atoms with van der Waals surface area (Å²) in [5, 5.41) is 0.364. The Morgan fingerprint density at radius 3 is 2.31 bits per heavy atom. The Morgan fingerprint density at radius 1 is 0.974 bits per heavy atom. The first-order valence-corrected chi connectivity index (χ1v) is 15.1. The zero-order valence-electron chi connectivity index (χ0n) is 25.9. The molecule has 1 amide bonds. The lowest BCUT2D eigenvalue weighted by Gasteiger charge is -2.42. The Bertz CT molecular complexity index is 1590. The number of anilines is 1. The minimum absolute atomic E-state index is 0.0111. The van der Waals surface area contributed by atoms with Crippen LogP contribution in [0.15, 0.2) is 76.5 Å². The molecule has 0 radical (unpaired) electrons. The smallest absolute Gasteiger partial charge is 0.255 e. The van der Waals surface area contributed by atoms with Crippen molar-refractivity contribution in [3.8, 4) is 0 Å². The van der Waals surface area contributed by atoms with Gasteiger partial charge >= 0.3 is 0 Å². The minimum Gasteiger partial charge on any atom is -0.398 e. The predicted octanol–water partition coefficient (Wildman–Crippen LogP) is 5.62. The molecule has 2 saturated heterocycles. The number of nitrogen functional groups attached to an aromatic ring is 1. The van der Waals surface area contributed by atoms with Gasteiger partial charge in [0.15, 0.2) is 0 Å². The summed E-state index contributed by atoms with van der Waals surface area (Å²) in [7, 11) is -3.66. The number of benzene rings is 3. The lowest BCUT2D eigenvalue weighted by molar-refractivity contribution is 0.0553. The number of carbonyl (C=O) groups is 1. The van der Waals surface area contributed by atoms with Crippen LogP contribution in [0, 0.1) is 12.8 Å². The number of nitrogens with two attached hydrogens (primary N) is 1. The maximum absolute atomic E-state index is 13.4. The van der Waals surface area contributed by atoms with Gasteiger partial charge in [0.2, 0.25) is 9.84 Å². The number of rotatable bonds is 6. The number of hydrogen-bond acceptors (Lipinski definition) is 5. The van der Waals surface area contributed by atoms with E-state index in [1.54, 1.807) is 43.3 Å². The summed E-state index contributed by atoms with van der Waals surface area (Å²) in [5.41, 5.74) is 8.18. The third-order valence-electron chi connectivity index (χ3n) is 7.76. The van der Waals surface area contributed by atoms with Crippen molar-refractivity contribution >= 4 is 33.0 Å². The van der Waals surface area contributed by atoms with Crippen LogP contribution >= 0.6 is 11.6 Å². The van der Waals surface area contributed by atoms with E-state index in [0.29, 0.717) is 29.6 Å². The Kier molecular flexibility index (Phi) is 6.87. The molecular weight excluding hydrogens is 530 g/mol. The lowest BCUT2D eigenvalue weighted by Crippen LogP contribution is -2.49.